The number of alkyl halides is 2. The molecule has 6 heteroatoms. The van der Waals surface area contributed by atoms with E-state index in [0.717, 1.165) is 22.0 Å². The van der Waals surface area contributed by atoms with Crippen molar-refractivity contribution in [3.63, 3.8) is 0 Å². The first-order chi connectivity index (χ1) is 15.9. The Balaban J connectivity index is 1.55. The van der Waals surface area contributed by atoms with Crippen LogP contribution < -0.4 is 9.47 Å². The number of H-pyrrole nitrogens is 1. The third kappa shape index (κ3) is 3.83. The van der Waals surface area contributed by atoms with Gasteiger partial charge in [0.2, 0.25) is 0 Å². The van der Waals surface area contributed by atoms with Crippen molar-refractivity contribution in [1.29, 1.82) is 0 Å². The van der Waals surface area contributed by atoms with Crippen LogP contribution in [0.1, 0.15) is 24.9 Å². The zero-order chi connectivity index (χ0) is 24.7. The Kier molecular flexibility index (Phi) is 3.56. The molecule has 0 radical (unpaired) electrons. The number of nitrogens with one attached hydrogen (secondary N) is 1. The maximum atomic E-state index is 12.8. The highest BCUT2D eigenvalue weighted by Crippen LogP contribution is 2.36. The lowest BCUT2D eigenvalue weighted by Crippen LogP contribution is -2.17. The van der Waals surface area contributed by atoms with E-state index in [0.29, 0.717) is 29.1 Å². The molecule has 0 aliphatic heterocycles. The van der Waals surface area contributed by atoms with E-state index in [9.17, 15) is 8.78 Å². The lowest BCUT2D eigenvalue weighted by Gasteiger charge is -2.16. The zero-order valence-electron chi connectivity index (χ0n) is 21.0. The van der Waals surface area contributed by atoms with Crippen LogP contribution in [-0.4, -0.2) is 43.1 Å². The SMILES string of the molecule is [2H]C([2H])([2H])N(CCc1c[nH]c2cccc(OC3Cc4cccc(OC(F)F)c4C3)c12)C([2H])([2H])[2H]. The van der Waals surface area contributed by atoms with Crippen LogP contribution in [0.15, 0.2) is 42.6 Å². The highest BCUT2D eigenvalue weighted by Gasteiger charge is 2.27. The normalized spacial score (nSPS) is 20.2. The second-order valence-corrected chi connectivity index (χ2v) is 6.81. The Morgan fingerprint density at radius 3 is 2.82 bits per heavy atom. The number of aromatic amines is 1. The van der Waals surface area contributed by atoms with Crippen molar-refractivity contribution in [3.05, 3.63) is 59.3 Å². The minimum Gasteiger partial charge on any atom is -0.489 e. The fourth-order valence-corrected chi connectivity index (χ4v) is 3.80. The minimum atomic E-state index is -2.91. The average Bonchev–Trinajstić information content (AvgIpc) is 3.31. The third-order valence-corrected chi connectivity index (χ3v) is 4.97. The molecule has 0 fully saturated rings. The Labute approximate surface area is 171 Å². The van der Waals surface area contributed by atoms with Crippen LogP contribution in [0.3, 0.4) is 0 Å². The molecule has 0 saturated carbocycles. The van der Waals surface area contributed by atoms with Gasteiger partial charge in [-0.25, -0.2) is 0 Å². The number of hydrogen-bond acceptors (Lipinski definition) is 3. The topological polar surface area (TPSA) is 37.5 Å². The second kappa shape index (κ2) is 7.80. The number of fused-ring (bicyclic) bond motifs is 2. The number of benzene rings is 2. The second-order valence-electron chi connectivity index (χ2n) is 6.81. The summed E-state index contributed by atoms with van der Waals surface area (Å²) in [7, 11) is 0. The molecule has 0 saturated heterocycles. The predicted molar refractivity (Wildman–Crippen MR) is 105 cm³/mol. The maximum Gasteiger partial charge on any atom is 0.387 e. The quantitative estimate of drug-likeness (QED) is 0.647. The zero-order valence-corrected chi connectivity index (χ0v) is 15.0. The van der Waals surface area contributed by atoms with Crippen LogP contribution in [0.2, 0.25) is 0 Å². The number of nitrogens with zero attached hydrogens (tertiary/aromatic N) is 1. The summed E-state index contributed by atoms with van der Waals surface area (Å²) in [5.74, 6) is 0.700. The van der Waals surface area contributed by atoms with Gasteiger partial charge in [0.1, 0.15) is 17.6 Å². The molecule has 1 aliphatic rings. The fourth-order valence-electron chi connectivity index (χ4n) is 3.80. The van der Waals surface area contributed by atoms with Gasteiger partial charge in [-0.1, -0.05) is 18.2 Å². The van der Waals surface area contributed by atoms with Crippen LogP contribution in [-0.2, 0) is 19.3 Å². The van der Waals surface area contributed by atoms with Gasteiger partial charge in [-0.3, -0.25) is 0 Å². The van der Waals surface area contributed by atoms with E-state index in [2.05, 4.69) is 9.72 Å². The highest BCUT2D eigenvalue weighted by molar-refractivity contribution is 5.89. The maximum absolute atomic E-state index is 12.8. The summed E-state index contributed by atoms with van der Waals surface area (Å²) < 4.78 is 81.8. The van der Waals surface area contributed by atoms with Crippen molar-refractivity contribution in [3.8, 4) is 11.5 Å². The predicted octanol–water partition coefficient (Wildman–Crippen LogP) is 4.42. The molecule has 1 aromatic heterocycles. The number of aromatic nitrogens is 1. The Hall–Kier alpha value is -2.60. The molecule has 4 nitrogen and oxygen atoms in total. The first kappa shape index (κ1) is 12.8. The van der Waals surface area contributed by atoms with Crippen LogP contribution >= 0.6 is 0 Å². The van der Waals surface area contributed by atoms with Gasteiger partial charge in [0, 0.05) is 50.3 Å². The number of rotatable bonds is 7. The molecular weight excluding hydrogens is 362 g/mol. The van der Waals surface area contributed by atoms with E-state index < -0.39 is 20.6 Å². The molecule has 1 atom stereocenters. The van der Waals surface area contributed by atoms with E-state index in [1.165, 1.54) is 6.07 Å². The van der Waals surface area contributed by atoms with Gasteiger partial charge in [-0.2, -0.15) is 8.78 Å². The number of likely N-dealkylation sites (N-methyl/N-ethyl adjacent to an activating group) is 1. The van der Waals surface area contributed by atoms with Crippen LogP contribution in [0.25, 0.3) is 10.9 Å². The van der Waals surface area contributed by atoms with Gasteiger partial charge < -0.3 is 19.4 Å². The van der Waals surface area contributed by atoms with Crippen molar-refractivity contribution in [2.45, 2.75) is 32.0 Å². The summed E-state index contributed by atoms with van der Waals surface area (Å²) in [6, 6.07) is 10.5. The van der Waals surface area contributed by atoms with Gasteiger partial charge in [0.05, 0.1) is 0 Å². The van der Waals surface area contributed by atoms with Gasteiger partial charge in [-0.15, -0.1) is 0 Å². The van der Waals surface area contributed by atoms with Crippen LogP contribution in [0.4, 0.5) is 8.78 Å². The Morgan fingerprint density at radius 2 is 2.00 bits per heavy atom. The van der Waals surface area contributed by atoms with Crippen LogP contribution in [0.5, 0.6) is 11.5 Å². The van der Waals surface area contributed by atoms with Crippen molar-refractivity contribution in [2.24, 2.45) is 0 Å². The van der Waals surface area contributed by atoms with Gasteiger partial charge in [-0.05, 0) is 49.7 Å². The lowest BCUT2D eigenvalue weighted by molar-refractivity contribution is -0.0505. The Morgan fingerprint density at radius 1 is 1.18 bits per heavy atom. The van der Waals surface area contributed by atoms with E-state index in [1.54, 1.807) is 18.3 Å². The fraction of sp³-hybridized carbons (Fsp3) is 0.364. The third-order valence-electron chi connectivity index (χ3n) is 4.97. The molecule has 1 aliphatic carbocycles. The van der Waals surface area contributed by atoms with Crippen molar-refractivity contribution in [1.82, 2.24) is 9.88 Å². The van der Waals surface area contributed by atoms with E-state index >= 15 is 0 Å². The number of hydrogen-bond donors (Lipinski definition) is 1. The van der Waals surface area contributed by atoms with E-state index in [4.69, 9.17) is 13.0 Å². The monoisotopic (exact) mass is 392 g/mol. The van der Waals surface area contributed by atoms with Crippen molar-refractivity contribution >= 4 is 10.9 Å². The highest BCUT2D eigenvalue weighted by atomic mass is 19.3. The summed E-state index contributed by atoms with van der Waals surface area (Å²) in [5.41, 5.74) is 3.07. The molecule has 28 heavy (non-hydrogen) atoms. The molecule has 1 unspecified atom stereocenters. The molecule has 3 aromatic rings. The largest absolute Gasteiger partial charge is 0.489 e. The first-order valence-electron chi connectivity index (χ1n) is 12.0. The molecule has 4 rings (SSSR count). The molecule has 148 valence electrons. The molecule has 1 heterocycles. The molecule has 1 N–H and O–H groups in total. The Bertz CT molecular complexity index is 1150. The number of halogens is 2. The number of ether oxygens (including phenoxy) is 2. The summed E-state index contributed by atoms with van der Waals surface area (Å²) in [5, 5.41) is 0.735. The van der Waals surface area contributed by atoms with Gasteiger partial charge >= 0.3 is 6.61 Å². The van der Waals surface area contributed by atoms with Gasteiger partial charge in [0.15, 0.2) is 0 Å². The molecular formula is C22H24F2N2O2. The average molecular weight is 392 g/mol. The standard InChI is InChI=1S/C22H24F2N2O2/c1-26(2)10-9-15-13-25-18-6-4-8-20(21(15)18)27-16-11-14-5-3-7-19(17(14)12-16)28-22(23)24/h3-8,13,16,22,25H,9-12H2,1-2H3/i1D3,2D3. The molecule has 0 amide bonds. The van der Waals surface area contributed by atoms with Crippen LogP contribution in [0, 0.1) is 0 Å². The van der Waals surface area contributed by atoms with Gasteiger partial charge in [0.25, 0.3) is 0 Å². The van der Waals surface area contributed by atoms with Crippen molar-refractivity contribution < 1.29 is 26.5 Å². The summed E-state index contributed by atoms with van der Waals surface area (Å²) in [6.45, 7) is -8.63. The first-order valence-corrected chi connectivity index (χ1v) is 9.02. The molecule has 2 aromatic carbocycles. The van der Waals surface area contributed by atoms with E-state index in [-0.39, 0.29) is 24.8 Å². The lowest BCUT2D eigenvalue weighted by atomic mass is 10.1. The minimum absolute atomic E-state index is 0.147. The summed E-state index contributed by atoms with van der Waals surface area (Å²) in [4.78, 5) is 3.65. The molecule has 0 bridgehead atoms. The van der Waals surface area contributed by atoms with Crippen molar-refractivity contribution in [2.75, 3.05) is 20.5 Å². The van der Waals surface area contributed by atoms with E-state index in [1.807, 2.05) is 18.2 Å². The molecule has 0 spiro atoms. The summed E-state index contributed by atoms with van der Waals surface area (Å²) in [6.07, 6.45) is 2.52. The smallest absolute Gasteiger partial charge is 0.387 e. The summed E-state index contributed by atoms with van der Waals surface area (Å²) >= 11 is 0.